The van der Waals surface area contributed by atoms with Gasteiger partial charge in [0, 0.05) is 31.5 Å². The Hall–Kier alpha value is -1.35. The van der Waals surface area contributed by atoms with Gasteiger partial charge in [0.2, 0.25) is 0 Å². The Morgan fingerprint density at radius 1 is 1.17 bits per heavy atom. The molecule has 2 fully saturated rings. The first-order valence-electron chi connectivity index (χ1n) is 9.05. The monoisotopic (exact) mass is 315 g/mol. The van der Waals surface area contributed by atoms with Gasteiger partial charge in [-0.15, -0.1) is 0 Å². The Balaban J connectivity index is 1.49. The molecule has 1 heterocycles. The van der Waals surface area contributed by atoms with E-state index >= 15 is 0 Å². The molecule has 1 aromatic rings. The average molecular weight is 315 g/mol. The van der Waals surface area contributed by atoms with E-state index in [1.165, 1.54) is 18.4 Å². The Kier molecular flexibility index (Phi) is 4.77. The number of piperidine rings is 1. The maximum absolute atomic E-state index is 12.2. The van der Waals surface area contributed by atoms with Crippen LogP contribution in [0.3, 0.4) is 0 Å². The molecule has 1 aliphatic heterocycles. The normalized spacial score (nSPS) is 29.3. The zero-order chi connectivity index (χ0) is 16.3. The largest absolute Gasteiger partial charge is 0.457 e. The van der Waals surface area contributed by atoms with Crippen molar-refractivity contribution in [3.05, 3.63) is 35.9 Å². The lowest BCUT2D eigenvalue weighted by Crippen LogP contribution is -2.30. The highest BCUT2D eigenvalue weighted by Gasteiger charge is 2.72. The summed E-state index contributed by atoms with van der Waals surface area (Å²) in [5.74, 6) is 0.00592. The molecule has 0 bridgehead atoms. The highest BCUT2D eigenvalue weighted by atomic mass is 16.6. The van der Waals surface area contributed by atoms with E-state index in [0.717, 1.165) is 38.9 Å². The fourth-order valence-electron chi connectivity index (χ4n) is 4.05. The minimum absolute atomic E-state index is 0.00592. The van der Waals surface area contributed by atoms with Crippen LogP contribution in [0.5, 0.6) is 0 Å². The van der Waals surface area contributed by atoms with Crippen LogP contribution in [-0.4, -0.2) is 29.6 Å². The third-order valence-corrected chi connectivity index (χ3v) is 5.49. The van der Waals surface area contributed by atoms with Crippen molar-refractivity contribution in [3.8, 4) is 0 Å². The molecule has 1 aromatic carbocycles. The van der Waals surface area contributed by atoms with E-state index < -0.39 is 0 Å². The van der Waals surface area contributed by atoms with E-state index in [-0.39, 0.29) is 17.0 Å². The van der Waals surface area contributed by atoms with Crippen molar-refractivity contribution in [2.24, 2.45) is 5.41 Å². The van der Waals surface area contributed by atoms with Gasteiger partial charge in [0.05, 0.1) is 0 Å². The number of rotatable bonds is 8. The SMILES string of the molecule is CCCCCCC(=O)OC12CN(Cc3ccccc3)CC1(C)C2. The topological polar surface area (TPSA) is 29.5 Å². The summed E-state index contributed by atoms with van der Waals surface area (Å²) in [5.41, 5.74) is 1.29. The summed E-state index contributed by atoms with van der Waals surface area (Å²) in [6.45, 7) is 7.32. The fourth-order valence-corrected chi connectivity index (χ4v) is 4.05. The van der Waals surface area contributed by atoms with Gasteiger partial charge in [0.15, 0.2) is 0 Å². The number of benzene rings is 1. The molecule has 0 N–H and O–H groups in total. The quantitative estimate of drug-likeness (QED) is 0.533. The first-order chi connectivity index (χ1) is 11.1. The molecule has 0 spiro atoms. The molecule has 3 heteroatoms. The van der Waals surface area contributed by atoms with Crippen molar-refractivity contribution in [1.82, 2.24) is 4.90 Å². The summed E-state index contributed by atoms with van der Waals surface area (Å²) < 4.78 is 5.94. The first-order valence-corrected chi connectivity index (χ1v) is 9.05. The smallest absolute Gasteiger partial charge is 0.306 e. The van der Waals surface area contributed by atoms with Crippen LogP contribution >= 0.6 is 0 Å². The second-order valence-electron chi connectivity index (χ2n) is 7.65. The van der Waals surface area contributed by atoms with E-state index in [1.54, 1.807) is 0 Å². The van der Waals surface area contributed by atoms with Gasteiger partial charge in [0.1, 0.15) is 5.60 Å². The number of hydrogen-bond donors (Lipinski definition) is 0. The third kappa shape index (κ3) is 3.60. The number of likely N-dealkylation sites (tertiary alicyclic amines) is 1. The molecule has 1 saturated heterocycles. The van der Waals surface area contributed by atoms with Crippen LogP contribution in [0.4, 0.5) is 0 Å². The summed E-state index contributed by atoms with van der Waals surface area (Å²) in [6.07, 6.45) is 6.12. The maximum atomic E-state index is 12.2. The number of carbonyl (C=O) groups excluding carboxylic acids is 1. The van der Waals surface area contributed by atoms with Crippen LogP contribution in [0.1, 0.15) is 57.9 Å². The summed E-state index contributed by atoms with van der Waals surface area (Å²) in [7, 11) is 0. The lowest BCUT2D eigenvalue weighted by atomic mass is 10.1. The molecule has 23 heavy (non-hydrogen) atoms. The second kappa shape index (κ2) is 6.64. The van der Waals surface area contributed by atoms with E-state index in [2.05, 4.69) is 43.0 Å². The average Bonchev–Trinajstić information content (AvgIpc) is 2.96. The number of carbonyl (C=O) groups is 1. The van der Waals surface area contributed by atoms with Gasteiger partial charge >= 0.3 is 5.97 Å². The third-order valence-electron chi connectivity index (χ3n) is 5.49. The standard InChI is InChI=1S/C20H29NO2/c1-3-4-5-9-12-18(22)23-20-14-19(20,2)15-21(16-20)13-17-10-7-6-8-11-17/h6-8,10-11H,3-5,9,12-16H2,1-2H3. The summed E-state index contributed by atoms with van der Waals surface area (Å²) in [6, 6.07) is 10.5. The number of ether oxygens (including phenoxy) is 1. The Labute approximate surface area is 140 Å². The number of nitrogens with zero attached hydrogens (tertiary/aromatic N) is 1. The number of unbranched alkanes of at least 4 members (excludes halogenated alkanes) is 3. The van der Waals surface area contributed by atoms with Gasteiger partial charge < -0.3 is 4.74 Å². The predicted octanol–water partition coefficient (Wildman–Crippen LogP) is 4.16. The van der Waals surface area contributed by atoms with Crippen LogP contribution in [0.25, 0.3) is 0 Å². The summed E-state index contributed by atoms with van der Waals surface area (Å²) >= 11 is 0. The van der Waals surface area contributed by atoms with Gasteiger partial charge in [-0.05, 0) is 18.4 Å². The van der Waals surface area contributed by atoms with Gasteiger partial charge in [-0.3, -0.25) is 9.69 Å². The highest BCUT2D eigenvalue weighted by Crippen LogP contribution is 2.63. The molecule has 2 atom stereocenters. The van der Waals surface area contributed by atoms with Crippen molar-refractivity contribution in [2.75, 3.05) is 13.1 Å². The van der Waals surface area contributed by atoms with Crippen LogP contribution in [0, 0.1) is 5.41 Å². The van der Waals surface area contributed by atoms with Gasteiger partial charge in [-0.25, -0.2) is 0 Å². The van der Waals surface area contributed by atoms with E-state index in [9.17, 15) is 4.79 Å². The van der Waals surface area contributed by atoms with Crippen LogP contribution in [-0.2, 0) is 16.1 Å². The molecule has 1 aliphatic carbocycles. The fraction of sp³-hybridized carbons (Fsp3) is 0.650. The van der Waals surface area contributed by atoms with E-state index in [4.69, 9.17) is 4.74 Å². The van der Waals surface area contributed by atoms with E-state index in [1.807, 2.05) is 6.07 Å². The lowest BCUT2D eigenvalue weighted by molar-refractivity contribution is -0.152. The van der Waals surface area contributed by atoms with Crippen molar-refractivity contribution < 1.29 is 9.53 Å². The zero-order valence-corrected chi connectivity index (χ0v) is 14.5. The Morgan fingerprint density at radius 3 is 2.70 bits per heavy atom. The van der Waals surface area contributed by atoms with Crippen LogP contribution < -0.4 is 0 Å². The number of esters is 1. The summed E-state index contributed by atoms with van der Waals surface area (Å²) in [4.78, 5) is 14.6. The van der Waals surface area contributed by atoms with Crippen LogP contribution in [0.2, 0.25) is 0 Å². The van der Waals surface area contributed by atoms with Crippen molar-refractivity contribution in [2.45, 2.75) is 64.5 Å². The van der Waals surface area contributed by atoms with E-state index in [0.29, 0.717) is 6.42 Å². The summed E-state index contributed by atoms with van der Waals surface area (Å²) in [5, 5.41) is 0. The Morgan fingerprint density at radius 2 is 1.96 bits per heavy atom. The van der Waals surface area contributed by atoms with Crippen molar-refractivity contribution in [3.63, 3.8) is 0 Å². The molecular weight excluding hydrogens is 286 g/mol. The molecule has 0 radical (unpaired) electrons. The lowest BCUT2D eigenvalue weighted by Gasteiger charge is -2.21. The maximum Gasteiger partial charge on any atom is 0.306 e. The van der Waals surface area contributed by atoms with Crippen LogP contribution in [0.15, 0.2) is 30.3 Å². The molecular formula is C20H29NO2. The molecule has 126 valence electrons. The molecule has 0 aromatic heterocycles. The minimum Gasteiger partial charge on any atom is -0.457 e. The first kappa shape index (κ1) is 16.5. The molecule has 2 unspecified atom stereocenters. The van der Waals surface area contributed by atoms with Gasteiger partial charge in [-0.1, -0.05) is 63.4 Å². The van der Waals surface area contributed by atoms with Crippen molar-refractivity contribution >= 4 is 5.97 Å². The molecule has 0 amide bonds. The number of hydrogen-bond acceptors (Lipinski definition) is 3. The molecule has 3 rings (SSSR count). The molecule has 2 aliphatic rings. The second-order valence-corrected chi connectivity index (χ2v) is 7.65. The molecule has 3 nitrogen and oxygen atoms in total. The number of fused-ring (bicyclic) bond motifs is 1. The highest BCUT2D eigenvalue weighted by molar-refractivity contribution is 5.70. The predicted molar refractivity (Wildman–Crippen MR) is 92.0 cm³/mol. The van der Waals surface area contributed by atoms with Gasteiger partial charge in [0.25, 0.3) is 0 Å². The Bertz CT molecular complexity index is 544. The van der Waals surface area contributed by atoms with Gasteiger partial charge in [-0.2, -0.15) is 0 Å². The minimum atomic E-state index is -0.205. The van der Waals surface area contributed by atoms with Crippen molar-refractivity contribution in [1.29, 1.82) is 0 Å². The zero-order valence-electron chi connectivity index (χ0n) is 14.5. The molecule has 1 saturated carbocycles.